The molecule has 0 bridgehead atoms. The number of likely N-dealkylation sites (N-methyl/N-ethyl adjacent to an activating group) is 1. The molecular weight excluding hydrogens is 258 g/mol. The molecule has 3 rings (SSSR count). The van der Waals surface area contributed by atoms with Crippen molar-refractivity contribution in [2.45, 2.75) is 19.1 Å². The maximum absolute atomic E-state index is 6.37. The fourth-order valence-corrected chi connectivity index (χ4v) is 2.72. The molecule has 0 N–H and O–H groups in total. The van der Waals surface area contributed by atoms with E-state index in [0.29, 0.717) is 6.61 Å². The molecule has 108 valence electrons. The summed E-state index contributed by atoms with van der Waals surface area (Å²) in [5.74, 6) is 0. The Balaban J connectivity index is 1.83. The third-order valence-electron chi connectivity index (χ3n) is 4.00. The summed E-state index contributed by atoms with van der Waals surface area (Å²) in [4.78, 5) is 2.29. The minimum Gasteiger partial charge on any atom is -0.374 e. The molecule has 0 spiro atoms. The van der Waals surface area contributed by atoms with Crippen LogP contribution in [0.5, 0.6) is 0 Å². The number of rotatable bonds is 5. The third-order valence-corrected chi connectivity index (χ3v) is 4.00. The van der Waals surface area contributed by atoms with Crippen LogP contribution in [0.4, 0.5) is 0 Å². The van der Waals surface area contributed by atoms with Crippen LogP contribution >= 0.6 is 0 Å². The van der Waals surface area contributed by atoms with Gasteiger partial charge in [-0.15, -0.1) is 0 Å². The summed E-state index contributed by atoms with van der Waals surface area (Å²) in [7, 11) is 0. The van der Waals surface area contributed by atoms with Crippen molar-refractivity contribution in [1.82, 2.24) is 4.90 Å². The van der Waals surface area contributed by atoms with Crippen molar-refractivity contribution in [2.24, 2.45) is 0 Å². The van der Waals surface area contributed by atoms with Gasteiger partial charge in [0.25, 0.3) is 0 Å². The molecule has 2 nitrogen and oxygen atoms in total. The van der Waals surface area contributed by atoms with Gasteiger partial charge in [0.1, 0.15) is 5.60 Å². The summed E-state index contributed by atoms with van der Waals surface area (Å²) in [6.07, 6.45) is 4.34. The van der Waals surface area contributed by atoms with Gasteiger partial charge in [-0.1, -0.05) is 60.7 Å². The highest BCUT2D eigenvalue weighted by atomic mass is 16.5. The van der Waals surface area contributed by atoms with E-state index in [4.69, 9.17) is 4.74 Å². The zero-order chi connectivity index (χ0) is 14.5. The molecule has 2 heteroatoms. The Hall–Kier alpha value is -2.06. The van der Waals surface area contributed by atoms with Gasteiger partial charge in [0.05, 0.1) is 13.2 Å². The van der Waals surface area contributed by atoms with Crippen LogP contribution in [0.3, 0.4) is 0 Å². The van der Waals surface area contributed by atoms with E-state index in [-0.39, 0.29) is 5.60 Å². The van der Waals surface area contributed by atoms with Crippen molar-refractivity contribution in [3.63, 3.8) is 0 Å². The van der Waals surface area contributed by atoms with Gasteiger partial charge in [0.15, 0.2) is 0 Å². The monoisotopic (exact) mass is 279 g/mol. The summed E-state index contributed by atoms with van der Waals surface area (Å²) in [6.45, 7) is 4.67. The first kappa shape index (κ1) is 13.9. The Morgan fingerprint density at radius 1 is 1.00 bits per heavy atom. The largest absolute Gasteiger partial charge is 0.374 e. The fourth-order valence-electron chi connectivity index (χ4n) is 2.72. The lowest BCUT2D eigenvalue weighted by Gasteiger charge is -2.30. The summed E-state index contributed by atoms with van der Waals surface area (Å²) < 4.78 is 6.37. The average Bonchev–Trinajstić information content (AvgIpc) is 3.00. The quantitative estimate of drug-likeness (QED) is 0.821. The predicted octanol–water partition coefficient (Wildman–Crippen LogP) is 3.95. The van der Waals surface area contributed by atoms with E-state index in [1.165, 1.54) is 11.1 Å². The smallest absolute Gasteiger partial charge is 0.131 e. The molecule has 0 saturated carbocycles. The maximum atomic E-state index is 6.37. The van der Waals surface area contributed by atoms with Gasteiger partial charge in [-0.2, -0.15) is 0 Å². The molecule has 1 atom stereocenters. The fraction of sp³-hybridized carbons (Fsp3) is 0.263. The summed E-state index contributed by atoms with van der Waals surface area (Å²) in [5, 5.41) is 0. The Morgan fingerprint density at radius 3 is 2.29 bits per heavy atom. The summed E-state index contributed by atoms with van der Waals surface area (Å²) in [6, 6.07) is 20.8. The van der Waals surface area contributed by atoms with Crippen LogP contribution in [-0.2, 0) is 16.9 Å². The molecule has 0 aromatic heterocycles. The maximum Gasteiger partial charge on any atom is 0.131 e. The summed E-state index contributed by atoms with van der Waals surface area (Å²) >= 11 is 0. The van der Waals surface area contributed by atoms with Gasteiger partial charge in [0, 0.05) is 6.54 Å². The zero-order valence-corrected chi connectivity index (χ0v) is 12.4. The molecule has 1 aliphatic heterocycles. The number of ether oxygens (including phenoxy) is 1. The van der Waals surface area contributed by atoms with Gasteiger partial charge in [0.2, 0.25) is 0 Å². The van der Waals surface area contributed by atoms with Crippen molar-refractivity contribution in [3.8, 4) is 0 Å². The SMILES string of the molecule is CCN1C=CC(OCc2ccccc2)(c2ccccc2)C1. The normalized spacial score (nSPS) is 20.9. The molecule has 0 fully saturated rings. The van der Waals surface area contributed by atoms with Crippen LogP contribution in [0.15, 0.2) is 72.9 Å². The average molecular weight is 279 g/mol. The minimum absolute atomic E-state index is 0.340. The Morgan fingerprint density at radius 2 is 1.67 bits per heavy atom. The topological polar surface area (TPSA) is 12.5 Å². The second kappa shape index (κ2) is 6.15. The molecule has 2 aromatic rings. The molecule has 0 aliphatic carbocycles. The molecule has 21 heavy (non-hydrogen) atoms. The zero-order valence-electron chi connectivity index (χ0n) is 12.4. The molecular formula is C19H21NO. The van der Waals surface area contributed by atoms with E-state index >= 15 is 0 Å². The highest BCUT2D eigenvalue weighted by Crippen LogP contribution is 2.34. The minimum atomic E-state index is -0.340. The Labute approximate surface area is 126 Å². The Kier molecular flexibility index (Phi) is 4.07. The van der Waals surface area contributed by atoms with Crippen LogP contribution in [-0.4, -0.2) is 18.0 Å². The van der Waals surface area contributed by atoms with Crippen LogP contribution in [0.2, 0.25) is 0 Å². The molecule has 0 amide bonds. The van der Waals surface area contributed by atoms with Crippen molar-refractivity contribution >= 4 is 0 Å². The molecule has 1 aliphatic rings. The standard InChI is InChI=1S/C19H21NO/c1-2-20-14-13-19(16-20,18-11-7-4-8-12-18)21-15-17-9-5-3-6-10-17/h3-14H,2,15-16H2,1H3. The highest BCUT2D eigenvalue weighted by Gasteiger charge is 2.35. The number of hydrogen-bond acceptors (Lipinski definition) is 2. The van der Waals surface area contributed by atoms with Crippen molar-refractivity contribution < 1.29 is 4.74 Å². The van der Waals surface area contributed by atoms with E-state index in [1.54, 1.807) is 0 Å². The Bertz CT molecular complexity index is 593. The molecule has 0 saturated heterocycles. The van der Waals surface area contributed by atoms with Crippen molar-refractivity contribution in [3.05, 3.63) is 84.1 Å². The third kappa shape index (κ3) is 3.01. The van der Waals surface area contributed by atoms with E-state index in [0.717, 1.165) is 13.1 Å². The lowest BCUT2D eigenvalue weighted by molar-refractivity contribution is -0.0284. The lowest BCUT2D eigenvalue weighted by Crippen LogP contribution is -2.34. The van der Waals surface area contributed by atoms with E-state index in [9.17, 15) is 0 Å². The van der Waals surface area contributed by atoms with Crippen LogP contribution in [0, 0.1) is 0 Å². The van der Waals surface area contributed by atoms with E-state index in [2.05, 4.69) is 72.6 Å². The van der Waals surface area contributed by atoms with Gasteiger partial charge < -0.3 is 9.64 Å². The predicted molar refractivity (Wildman–Crippen MR) is 85.7 cm³/mol. The first-order chi connectivity index (χ1) is 10.3. The molecule has 2 aromatic carbocycles. The second-order valence-corrected chi connectivity index (χ2v) is 5.41. The van der Waals surface area contributed by atoms with Gasteiger partial charge in [-0.3, -0.25) is 0 Å². The first-order valence-electron chi connectivity index (χ1n) is 7.49. The highest BCUT2D eigenvalue weighted by molar-refractivity contribution is 5.31. The number of nitrogens with zero attached hydrogens (tertiary/aromatic N) is 1. The van der Waals surface area contributed by atoms with Crippen molar-refractivity contribution in [1.29, 1.82) is 0 Å². The number of benzene rings is 2. The van der Waals surface area contributed by atoms with Gasteiger partial charge in [-0.25, -0.2) is 0 Å². The van der Waals surface area contributed by atoms with Crippen LogP contribution < -0.4 is 0 Å². The van der Waals surface area contributed by atoms with Crippen molar-refractivity contribution in [2.75, 3.05) is 13.1 Å². The van der Waals surface area contributed by atoms with E-state index < -0.39 is 0 Å². The molecule has 0 radical (unpaired) electrons. The second-order valence-electron chi connectivity index (χ2n) is 5.41. The summed E-state index contributed by atoms with van der Waals surface area (Å²) in [5.41, 5.74) is 2.08. The lowest BCUT2D eigenvalue weighted by atomic mass is 9.94. The van der Waals surface area contributed by atoms with E-state index in [1.807, 2.05) is 12.1 Å². The molecule has 1 unspecified atom stereocenters. The van der Waals surface area contributed by atoms with Gasteiger partial charge >= 0.3 is 0 Å². The first-order valence-corrected chi connectivity index (χ1v) is 7.49. The van der Waals surface area contributed by atoms with Crippen LogP contribution in [0.1, 0.15) is 18.1 Å². The van der Waals surface area contributed by atoms with Gasteiger partial charge in [-0.05, 0) is 30.3 Å². The number of hydrogen-bond donors (Lipinski definition) is 0. The molecule has 1 heterocycles. The van der Waals surface area contributed by atoms with Crippen LogP contribution in [0.25, 0.3) is 0 Å².